The highest BCUT2D eigenvalue weighted by atomic mass is 16.1. The van der Waals surface area contributed by atoms with E-state index in [1.807, 2.05) is 0 Å². The van der Waals surface area contributed by atoms with E-state index in [2.05, 4.69) is 4.99 Å². The minimum atomic E-state index is -0.463. The van der Waals surface area contributed by atoms with Crippen molar-refractivity contribution in [2.24, 2.45) is 16.5 Å². The fourth-order valence-corrected chi connectivity index (χ4v) is 0.203. The van der Waals surface area contributed by atoms with Gasteiger partial charge in [0.25, 0.3) is 0 Å². The Bertz CT molecular complexity index is 114. The van der Waals surface area contributed by atoms with Crippen LogP contribution in [0.1, 0.15) is 6.92 Å². The van der Waals surface area contributed by atoms with Crippen LogP contribution in [0.2, 0.25) is 0 Å². The van der Waals surface area contributed by atoms with E-state index in [0.29, 0.717) is 5.84 Å². The lowest BCUT2D eigenvalue weighted by Crippen LogP contribution is -2.17. The summed E-state index contributed by atoms with van der Waals surface area (Å²) in [7, 11) is 0. The predicted molar refractivity (Wildman–Crippen MR) is 31.4 cm³/mol. The summed E-state index contributed by atoms with van der Waals surface area (Å²) < 4.78 is 0. The summed E-state index contributed by atoms with van der Waals surface area (Å²) in [5.74, 6) is -0.0846. The number of carbonyl (C=O) groups excluding carboxylic acids is 1. The Morgan fingerprint density at radius 3 is 2.25 bits per heavy atom. The second-order valence-electron chi connectivity index (χ2n) is 1.42. The molecule has 0 unspecified atom stereocenters. The molecule has 4 nitrogen and oxygen atoms in total. The van der Waals surface area contributed by atoms with Crippen molar-refractivity contribution in [2.75, 3.05) is 6.54 Å². The molecule has 46 valence electrons. The molecule has 0 aliphatic carbocycles. The highest BCUT2D eigenvalue weighted by Gasteiger charge is 1.86. The molecule has 0 aliphatic heterocycles. The fourth-order valence-electron chi connectivity index (χ4n) is 0.203. The van der Waals surface area contributed by atoms with E-state index < -0.39 is 5.91 Å². The Labute approximate surface area is 47.6 Å². The molecule has 0 aliphatic rings. The summed E-state index contributed by atoms with van der Waals surface area (Å²) in [6, 6.07) is 0. The van der Waals surface area contributed by atoms with Gasteiger partial charge in [0.05, 0.1) is 5.84 Å². The van der Waals surface area contributed by atoms with E-state index in [1.54, 1.807) is 6.92 Å². The van der Waals surface area contributed by atoms with Crippen molar-refractivity contribution in [3.8, 4) is 0 Å². The standard InChI is InChI=1S/C4H9N3O/c1-3(5)7-2-4(6)8/h2H2,1H3,(H2,5,7)(H2,6,8). The zero-order valence-corrected chi connectivity index (χ0v) is 4.72. The summed E-state index contributed by atoms with van der Waals surface area (Å²) in [5, 5.41) is 0. The van der Waals surface area contributed by atoms with E-state index >= 15 is 0 Å². The molecule has 0 radical (unpaired) electrons. The van der Waals surface area contributed by atoms with Gasteiger partial charge in [0.1, 0.15) is 6.54 Å². The van der Waals surface area contributed by atoms with E-state index in [9.17, 15) is 4.79 Å². The molecule has 1 amide bonds. The van der Waals surface area contributed by atoms with Gasteiger partial charge >= 0.3 is 0 Å². The highest BCUT2D eigenvalue weighted by molar-refractivity contribution is 5.82. The normalized spacial score (nSPS) is 11.4. The van der Waals surface area contributed by atoms with Gasteiger partial charge in [-0.15, -0.1) is 0 Å². The van der Waals surface area contributed by atoms with Crippen LogP contribution in [-0.2, 0) is 4.79 Å². The largest absolute Gasteiger partial charge is 0.388 e. The molecule has 0 saturated heterocycles. The molecule has 0 atom stereocenters. The summed E-state index contributed by atoms with van der Waals surface area (Å²) in [4.78, 5) is 13.5. The summed E-state index contributed by atoms with van der Waals surface area (Å²) in [6.07, 6.45) is 0. The van der Waals surface area contributed by atoms with Gasteiger partial charge in [0, 0.05) is 0 Å². The van der Waals surface area contributed by atoms with Crippen LogP contribution < -0.4 is 11.5 Å². The smallest absolute Gasteiger partial charge is 0.239 e. The first-order chi connectivity index (χ1) is 3.63. The van der Waals surface area contributed by atoms with Gasteiger partial charge in [-0.25, -0.2) is 0 Å². The van der Waals surface area contributed by atoms with Crippen molar-refractivity contribution in [2.45, 2.75) is 6.92 Å². The molecule has 0 saturated carbocycles. The van der Waals surface area contributed by atoms with Crippen LogP contribution in [0, 0.1) is 0 Å². The van der Waals surface area contributed by atoms with Gasteiger partial charge in [0.2, 0.25) is 5.91 Å². The fraction of sp³-hybridized carbons (Fsp3) is 0.500. The average Bonchev–Trinajstić information content (AvgIpc) is 1.61. The average molecular weight is 115 g/mol. The number of amidine groups is 1. The van der Waals surface area contributed by atoms with Crippen LogP contribution in [0.15, 0.2) is 4.99 Å². The van der Waals surface area contributed by atoms with Crippen LogP contribution >= 0.6 is 0 Å². The highest BCUT2D eigenvalue weighted by Crippen LogP contribution is 1.66. The topological polar surface area (TPSA) is 81.5 Å². The van der Waals surface area contributed by atoms with Crippen molar-refractivity contribution in [3.63, 3.8) is 0 Å². The maximum absolute atomic E-state index is 9.96. The molecule has 0 spiro atoms. The lowest BCUT2D eigenvalue weighted by Gasteiger charge is -1.86. The summed E-state index contributed by atoms with van der Waals surface area (Å²) in [6.45, 7) is 1.59. The van der Waals surface area contributed by atoms with Gasteiger partial charge in [-0.1, -0.05) is 0 Å². The van der Waals surface area contributed by atoms with Gasteiger partial charge < -0.3 is 11.5 Å². The third-order valence-corrected chi connectivity index (χ3v) is 0.484. The van der Waals surface area contributed by atoms with Crippen molar-refractivity contribution >= 4 is 11.7 Å². The molecule has 0 aromatic carbocycles. The number of nitrogens with zero attached hydrogens (tertiary/aromatic N) is 1. The van der Waals surface area contributed by atoms with Crippen molar-refractivity contribution in [1.29, 1.82) is 0 Å². The lowest BCUT2D eigenvalue weighted by atomic mass is 10.6. The Kier molecular flexibility index (Phi) is 2.61. The predicted octanol–water partition coefficient (Wildman–Crippen LogP) is -1.15. The Morgan fingerprint density at radius 1 is 1.62 bits per heavy atom. The summed E-state index contributed by atoms with van der Waals surface area (Å²) in [5.41, 5.74) is 9.82. The van der Waals surface area contributed by atoms with Crippen LogP contribution in [-0.4, -0.2) is 18.3 Å². The van der Waals surface area contributed by atoms with E-state index in [0.717, 1.165) is 0 Å². The molecule has 8 heavy (non-hydrogen) atoms. The van der Waals surface area contributed by atoms with Crippen molar-refractivity contribution < 1.29 is 4.79 Å². The number of nitrogens with two attached hydrogens (primary N) is 2. The number of aliphatic imine (C=N–C) groups is 1. The first kappa shape index (κ1) is 6.94. The van der Waals surface area contributed by atoms with Crippen LogP contribution in [0.5, 0.6) is 0 Å². The Morgan fingerprint density at radius 2 is 2.12 bits per heavy atom. The number of rotatable bonds is 2. The molecule has 0 aromatic heterocycles. The maximum atomic E-state index is 9.96. The van der Waals surface area contributed by atoms with Crippen molar-refractivity contribution in [1.82, 2.24) is 0 Å². The number of amides is 1. The minimum Gasteiger partial charge on any atom is -0.388 e. The maximum Gasteiger partial charge on any atom is 0.239 e. The van der Waals surface area contributed by atoms with E-state index in [4.69, 9.17) is 11.5 Å². The van der Waals surface area contributed by atoms with E-state index in [1.165, 1.54) is 0 Å². The van der Waals surface area contributed by atoms with Gasteiger partial charge in [-0.3, -0.25) is 9.79 Å². The molecular weight excluding hydrogens is 106 g/mol. The zero-order chi connectivity index (χ0) is 6.57. The molecular formula is C4H9N3O. The first-order valence-electron chi connectivity index (χ1n) is 2.17. The molecule has 0 rings (SSSR count). The monoisotopic (exact) mass is 115 g/mol. The van der Waals surface area contributed by atoms with Crippen LogP contribution in [0.25, 0.3) is 0 Å². The quantitative estimate of drug-likeness (QED) is 0.352. The lowest BCUT2D eigenvalue weighted by molar-refractivity contribution is -0.116. The number of carbonyl (C=O) groups is 1. The number of hydrogen-bond donors (Lipinski definition) is 2. The van der Waals surface area contributed by atoms with Crippen LogP contribution in [0.3, 0.4) is 0 Å². The minimum absolute atomic E-state index is 0.0116. The Hall–Kier alpha value is -1.06. The van der Waals surface area contributed by atoms with Gasteiger partial charge in [0.15, 0.2) is 0 Å². The molecule has 0 aromatic rings. The number of hydrogen-bond acceptors (Lipinski definition) is 2. The second kappa shape index (κ2) is 3.01. The molecule has 0 bridgehead atoms. The van der Waals surface area contributed by atoms with E-state index in [-0.39, 0.29) is 6.54 Å². The number of primary amides is 1. The SMILES string of the molecule is CC(N)=NCC(N)=O. The summed E-state index contributed by atoms with van der Waals surface area (Å²) >= 11 is 0. The molecule has 0 fully saturated rings. The van der Waals surface area contributed by atoms with Crippen molar-refractivity contribution in [3.05, 3.63) is 0 Å². The third-order valence-electron chi connectivity index (χ3n) is 0.484. The Balaban J connectivity index is 3.45. The molecule has 4 N–H and O–H groups in total. The molecule has 0 heterocycles. The second-order valence-corrected chi connectivity index (χ2v) is 1.42. The van der Waals surface area contributed by atoms with Crippen LogP contribution in [0.4, 0.5) is 0 Å². The zero-order valence-electron chi connectivity index (χ0n) is 4.72. The third kappa shape index (κ3) is 4.94. The first-order valence-corrected chi connectivity index (χ1v) is 2.17. The van der Waals surface area contributed by atoms with Gasteiger partial charge in [-0.05, 0) is 6.92 Å². The molecule has 4 heteroatoms. The van der Waals surface area contributed by atoms with Gasteiger partial charge in [-0.2, -0.15) is 0 Å².